The first kappa shape index (κ1) is 15.8. The highest BCUT2D eigenvalue weighted by atomic mass is 16.5. The summed E-state index contributed by atoms with van der Waals surface area (Å²) in [5.74, 6) is 0.577. The average molecular weight is 327 g/mol. The second kappa shape index (κ2) is 6.57. The Hall–Kier alpha value is -3.09. The number of carbonyl (C=O) groups is 2. The van der Waals surface area contributed by atoms with Gasteiger partial charge < -0.3 is 15.2 Å². The van der Waals surface area contributed by atoms with Gasteiger partial charge in [0.2, 0.25) is 0 Å². The molecule has 24 heavy (non-hydrogen) atoms. The summed E-state index contributed by atoms with van der Waals surface area (Å²) in [6, 6.07) is 10.3. The number of nitrogens with two attached hydrogens (primary N) is 1. The first-order chi connectivity index (χ1) is 11.6. The summed E-state index contributed by atoms with van der Waals surface area (Å²) in [7, 11) is 0. The van der Waals surface area contributed by atoms with Crippen LogP contribution in [0, 0.1) is 0 Å². The Morgan fingerprint density at radius 2 is 2.21 bits per heavy atom. The number of nitrogen functional groups attached to an aromatic ring is 1. The molecule has 124 valence electrons. The first-order valence-electron chi connectivity index (χ1n) is 7.54. The molecule has 1 aliphatic heterocycles. The van der Waals surface area contributed by atoms with Crippen LogP contribution in [0.3, 0.4) is 0 Å². The van der Waals surface area contributed by atoms with Gasteiger partial charge in [-0.2, -0.15) is 0 Å². The van der Waals surface area contributed by atoms with E-state index in [0.29, 0.717) is 29.6 Å². The number of ether oxygens (including phenoxy) is 2. The van der Waals surface area contributed by atoms with E-state index in [1.54, 1.807) is 37.3 Å². The molecule has 0 radical (unpaired) electrons. The quantitative estimate of drug-likeness (QED) is 0.860. The maximum absolute atomic E-state index is 12.2. The topological polar surface area (TPSA) is 94.8 Å². The van der Waals surface area contributed by atoms with Gasteiger partial charge in [0.15, 0.2) is 18.2 Å². The van der Waals surface area contributed by atoms with Gasteiger partial charge in [0.25, 0.3) is 5.91 Å². The highest BCUT2D eigenvalue weighted by Crippen LogP contribution is 2.31. The van der Waals surface area contributed by atoms with Gasteiger partial charge in [0.1, 0.15) is 5.82 Å². The molecule has 0 atom stereocenters. The molecule has 0 saturated heterocycles. The molecule has 0 saturated carbocycles. The van der Waals surface area contributed by atoms with Crippen molar-refractivity contribution in [3.05, 3.63) is 47.5 Å². The lowest BCUT2D eigenvalue weighted by molar-refractivity contribution is -0.121. The van der Waals surface area contributed by atoms with Crippen LogP contribution in [0.5, 0.6) is 5.75 Å². The summed E-state index contributed by atoms with van der Waals surface area (Å²) in [5.41, 5.74) is 6.94. The molecule has 2 N–H and O–H groups in total. The molecule has 7 heteroatoms. The fourth-order valence-electron chi connectivity index (χ4n) is 2.45. The molecule has 1 aromatic carbocycles. The van der Waals surface area contributed by atoms with Crippen molar-refractivity contribution < 1.29 is 19.1 Å². The van der Waals surface area contributed by atoms with E-state index < -0.39 is 5.97 Å². The summed E-state index contributed by atoms with van der Waals surface area (Å²) < 4.78 is 10.4. The van der Waals surface area contributed by atoms with E-state index in [4.69, 9.17) is 15.2 Å². The van der Waals surface area contributed by atoms with Crippen LogP contribution in [-0.2, 0) is 16.1 Å². The smallest absolute Gasteiger partial charge is 0.338 e. The highest BCUT2D eigenvalue weighted by Gasteiger charge is 2.27. The third-order valence-electron chi connectivity index (χ3n) is 3.55. The minimum Gasteiger partial charge on any atom is -0.480 e. The molecule has 3 rings (SSSR count). The summed E-state index contributed by atoms with van der Waals surface area (Å²) in [6.07, 6.45) is 0. The number of aromatic nitrogens is 1. The lowest BCUT2D eigenvalue weighted by Gasteiger charge is -2.28. The summed E-state index contributed by atoms with van der Waals surface area (Å²) in [6.45, 7) is 2.26. The summed E-state index contributed by atoms with van der Waals surface area (Å²) >= 11 is 0. The number of pyridine rings is 1. The molecular formula is C17H17N3O4. The number of nitrogens with zero attached hydrogens (tertiary/aromatic N) is 2. The van der Waals surface area contributed by atoms with Crippen LogP contribution >= 0.6 is 0 Å². The van der Waals surface area contributed by atoms with Crippen molar-refractivity contribution in [1.29, 1.82) is 0 Å². The van der Waals surface area contributed by atoms with Crippen molar-refractivity contribution in [1.82, 2.24) is 4.98 Å². The Balaban J connectivity index is 1.89. The van der Waals surface area contributed by atoms with Gasteiger partial charge in [0.05, 0.1) is 18.7 Å². The van der Waals surface area contributed by atoms with Crippen LogP contribution in [-0.4, -0.2) is 30.1 Å². The minimum absolute atomic E-state index is 0.0594. The zero-order valence-corrected chi connectivity index (χ0v) is 13.2. The second-order valence-corrected chi connectivity index (χ2v) is 5.25. The van der Waals surface area contributed by atoms with Gasteiger partial charge in [-0.15, -0.1) is 0 Å². The van der Waals surface area contributed by atoms with E-state index in [2.05, 4.69) is 4.98 Å². The Morgan fingerprint density at radius 1 is 1.38 bits per heavy atom. The van der Waals surface area contributed by atoms with Crippen LogP contribution in [0.1, 0.15) is 22.8 Å². The molecule has 2 aromatic rings. The Kier molecular flexibility index (Phi) is 4.33. The van der Waals surface area contributed by atoms with Crippen LogP contribution < -0.4 is 15.4 Å². The average Bonchev–Trinajstić information content (AvgIpc) is 2.58. The van der Waals surface area contributed by atoms with Crippen molar-refractivity contribution in [2.75, 3.05) is 23.8 Å². The molecular weight excluding hydrogens is 310 g/mol. The molecule has 2 heterocycles. The lowest BCUT2D eigenvalue weighted by atomic mass is 10.1. The Morgan fingerprint density at radius 3 is 3.00 bits per heavy atom. The van der Waals surface area contributed by atoms with Gasteiger partial charge >= 0.3 is 5.97 Å². The van der Waals surface area contributed by atoms with Gasteiger partial charge in [-0.05, 0) is 36.8 Å². The molecule has 1 aromatic heterocycles. The predicted octanol–water partition coefficient (Wildman–Crippen LogP) is 1.77. The molecule has 0 fully saturated rings. The number of carbonyl (C=O) groups excluding carboxylic acids is 2. The van der Waals surface area contributed by atoms with Gasteiger partial charge in [-0.1, -0.05) is 12.1 Å². The Bertz CT molecular complexity index is 791. The first-order valence-corrected chi connectivity index (χ1v) is 7.54. The number of rotatable bonds is 4. The maximum Gasteiger partial charge on any atom is 0.338 e. The van der Waals surface area contributed by atoms with E-state index in [9.17, 15) is 9.59 Å². The third-order valence-corrected chi connectivity index (χ3v) is 3.55. The lowest BCUT2D eigenvalue weighted by Crippen LogP contribution is -2.39. The molecule has 1 aliphatic rings. The van der Waals surface area contributed by atoms with Crippen LogP contribution in [0.4, 0.5) is 11.6 Å². The van der Waals surface area contributed by atoms with E-state index in [0.717, 1.165) is 5.56 Å². The number of amides is 1. The second-order valence-electron chi connectivity index (χ2n) is 5.25. The summed E-state index contributed by atoms with van der Waals surface area (Å²) in [4.78, 5) is 29.8. The molecule has 0 spiro atoms. The summed E-state index contributed by atoms with van der Waals surface area (Å²) in [5, 5.41) is 0. The number of anilines is 2. The fraction of sp³-hybridized carbons (Fsp3) is 0.235. The van der Waals surface area contributed by atoms with E-state index in [1.807, 2.05) is 6.07 Å². The molecule has 7 nitrogen and oxygen atoms in total. The largest absolute Gasteiger partial charge is 0.480 e. The number of hydrogen-bond acceptors (Lipinski definition) is 6. The van der Waals surface area contributed by atoms with Gasteiger partial charge in [-0.25, -0.2) is 9.78 Å². The zero-order valence-electron chi connectivity index (χ0n) is 13.2. The molecule has 1 amide bonds. The normalized spacial score (nSPS) is 13.2. The van der Waals surface area contributed by atoms with E-state index in [1.165, 1.54) is 4.90 Å². The van der Waals surface area contributed by atoms with Gasteiger partial charge in [0, 0.05) is 0 Å². The van der Waals surface area contributed by atoms with Crippen LogP contribution in [0.25, 0.3) is 0 Å². The minimum atomic E-state index is -0.393. The van der Waals surface area contributed by atoms with E-state index >= 15 is 0 Å². The predicted molar refractivity (Wildman–Crippen MR) is 87.7 cm³/mol. The van der Waals surface area contributed by atoms with Crippen molar-refractivity contribution >= 4 is 23.5 Å². The SMILES string of the molecule is CCOC(=O)c1cccc(CN2C(=O)COc3ccc(N)nc32)c1. The molecule has 0 aliphatic carbocycles. The zero-order chi connectivity index (χ0) is 17.1. The number of esters is 1. The van der Waals surface area contributed by atoms with Crippen LogP contribution in [0.15, 0.2) is 36.4 Å². The standard InChI is InChI=1S/C17H17N3O4/c1-2-23-17(22)12-5-3-4-11(8-12)9-20-15(21)10-24-13-6-7-14(18)19-16(13)20/h3-8H,2,9-10H2,1H3,(H2,18,19). The monoisotopic (exact) mass is 327 g/mol. The van der Waals surface area contributed by atoms with E-state index in [-0.39, 0.29) is 19.1 Å². The third kappa shape index (κ3) is 3.15. The number of hydrogen-bond donors (Lipinski definition) is 1. The van der Waals surface area contributed by atoms with Crippen molar-refractivity contribution in [3.63, 3.8) is 0 Å². The van der Waals surface area contributed by atoms with Crippen molar-refractivity contribution in [2.45, 2.75) is 13.5 Å². The van der Waals surface area contributed by atoms with Crippen molar-refractivity contribution in [2.24, 2.45) is 0 Å². The fourth-order valence-corrected chi connectivity index (χ4v) is 2.45. The number of fused-ring (bicyclic) bond motifs is 1. The van der Waals surface area contributed by atoms with Crippen LogP contribution in [0.2, 0.25) is 0 Å². The molecule has 0 unspecified atom stereocenters. The number of benzene rings is 1. The molecule has 0 bridgehead atoms. The van der Waals surface area contributed by atoms with Gasteiger partial charge in [-0.3, -0.25) is 9.69 Å². The maximum atomic E-state index is 12.2. The van der Waals surface area contributed by atoms with Crippen molar-refractivity contribution in [3.8, 4) is 5.75 Å². The highest BCUT2D eigenvalue weighted by molar-refractivity contribution is 5.97. The Labute approximate surface area is 139 Å².